The Labute approximate surface area is 758 Å². The van der Waals surface area contributed by atoms with Crippen LogP contribution in [0.4, 0.5) is 0 Å². The van der Waals surface area contributed by atoms with E-state index < -0.39 is 6.04 Å². The number of nitrogens with zero attached hydrogens (tertiary/aromatic N) is 3. The number of rotatable bonds is 22. The van der Waals surface area contributed by atoms with Gasteiger partial charge in [-0.2, -0.15) is 15.8 Å². The van der Waals surface area contributed by atoms with Crippen molar-refractivity contribution in [3.63, 3.8) is 0 Å². The van der Waals surface area contributed by atoms with E-state index in [0.717, 1.165) is 82.3 Å². The van der Waals surface area contributed by atoms with E-state index in [4.69, 9.17) is 73.2 Å². The molecule has 1 amide bonds. The number of hydroxylamine groups is 5. The predicted molar refractivity (Wildman–Crippen MR) is 462 cm³/mol. The van der Waals surface area contributed by atoms with Gasteiger partial charge in [0.1, 0.15) is 29.6 Å². The first kappa shape index (κ1) is 105. The molecular weight excluding hydrogens is 1590 g/mol. The fraction of sp³-hybridized carbons (Fsp3) is 0.128. The third-order valence-electron chi connectivity index (χ3n) is 16.6. The van der Waals surface area contributed by atoms with Gasteiger partial charge in [0.15, 0.2) is 6.23 Å². The summed E-state index contributed by atoms with van der Waals surface area (Å²) < 4.78 is 18.5. The summed E-state index contributed by atoms with van der Waals surface area (Å²) in [6.45, 7) is -0.181. The Morgan fingerprint density at radius 3 is 0.992 bits per heavy atom. The largest absolute Gasteiger partial charge is 1.00 e. The molecule has 14 rings (SSSR count). The number of halogens is 3. The van der Waals surface area contributed by atoms with Crippen LogP contribution in [-0.4, -0.2) is 97.0 Å². The van der Waals surface area contributed by atoms with Gasteiger partial charge in [-0.25, -0.2) is 5.06 Å². The standard InChI is InChI=1S/C21H19NO2.C21H19NO.C14H13NO2.C13H13NO.C13H13N.C8H8O2.CH2Cl2.CH2O3.2CH4O.ClH2NO.2Na.H/c1-23-19-14-12-18(13-15-19)21-22(24-21)20(16-8-4-2-5-9-16)17-10-6-3-7-11-17;1-23-20-14-12-17(13-15-20)16-22-21(18-8-4-2-5-9-18)19-10-6-3-7-11-19;16-11-15(17)14(12-7-3-1-4-8-12)13-9-5-2-6-10-13;15-14-13(11-7-3-1-4-8-11)12-9-5-2-6-10-12;14-13(11-7-3-1-4-8-11)12-9-5-2-6-10-12;1-10-8-4-2-7(6-9)3-5-8;2-1-3;2-1-4-3;2*1-2;1-3-2;;;/h2-15,20-21H,1H3;2-16,21H,1H3;1-11,14,17H;1-10,13-15H;1-10,13H,14H2;2-6H,1H3;1H2;1,3H;2*2H,1H3;2H2;;;/q;;;;;;;;;;;2*+1;-1/p-1. The van der Waals surface area contributed by atoms with E-state index in [9.17, 15) is 20.0 Å². The van der Waals surface area contributed by atoms with Crippen LogP contribution in [0.2, 0.25) is 0 Å². The van der Waals surface area contributed by atoms with Crippen LogP contribution < -0.4 is 95.7 Å². The normalized spacial score (nSPS) is 11.4. The van der Waals surface area contributed by atoms with Crippen LogP contribution in [0.15, 0.2) is 381 Å². The molecule has 0 bridgehead atoms. The van der Waals surface area contributed by atoms with Gasteiger partial charge in [0.2, 0.25) is 6.41 Å². The van der Waals surface area contributed by atoms with Crippen LogP contribution in [-0.2, 0) is 23.7 Å². The Balaban J connectivity index is 0.000000705. The van der Waals surface area contributed by atoms with Gasteiger partial charge in [0.25, 0.3) is 6.47 Å². The summed E-state index contributed by atoms with van der Waals surface area (Å²) in [4.78, 5) is 42.9. The zero-order valence-electron chi connectivity index (χ0n) is 68.3. The van der Waals surface area contributed by atoms with Gasteiger partial charge in [0.05, 0.1) is 62.7 Å². The van der Waals surface area contributed by atoms with Crippen molar-refractivity contribution in [1.82, 2.24) is 15.6 Å². The van der Waals surface area contributed by atoms with E-state index in [2.05, 4.69) is 142 Å². The Kier molecular flexibility index (Phi) is 58.1. The Hall–Kier alpha value is -10.0. The smallest absolute Gasteiger partial charge is 1.00 e. The first-order chi connectivity index (χ1) is 57.5. The van der Waals surface area contributed by atoms with Gasteiger partial charge < -0.3 is 46.9 Å². The van der Waals surface area contributed by atoms with E-state index in [-0.39, 0.29) is 103 Å². The number of benzene rings is 13. The summed E-state index contributed by atoms with van der Waals surface area (Å²) in [5, 5.41) is 44.2. The van der Waals surface area contributed by atoms with Gasteiger partial charge in [-0.1, -0.05) is 315 Å². The number of methoxy groups -OCH3 is 3. The van der Waals surface area contributed by atoms with Crippen molar-refractivity contribution in [3.05, 3.63) is 448 Å². The van der Waals surface area contributed by atoms with Crippen LogP contribution in [0.3, 0.4) is 0 Å². The molecule has 0 saturated carbocycles. The summed E-state index contributed by atoms with van der Waals surface area (Å²) in [7, 11) is 6.94. The Morgan fingerprint density at radius 1 is 0.462 bits per heavy atom. The number of aliphatic imine (C=N–C) groups is 1. The van der Waals surface area contributed by atoms with Crippen molar-refractivity contribution in [1.29, 1.82) is 0 Å². The average molecular weight is 1690 g/mol. The minimum Gasteiger partial charge on any atom is -1.00 e. The number of nitrogens with one attached hydrogen (secondary N) is 1. The van der Waals surface area contributed by atoms with E-state index >= 15 is 0 Å². The molecule has 119 heavy (non-hydrogen) atoms. The number of aldehydes is 1. The fourth-order valence-electron chi connectivity index (χ4n) is 11.2. The number of ether oxygens (including phenoxy) is 3. The molecule has 1 aliphatic heterocycles. The molecule has 13 aromatic carbocycles. The predicted octanol–water partition coefficient (Wildman–Crippen LogP) is 12.5. The Morgan fingerprint density at radius 2 is 0.723 bits per heavy atom. The van der Waals surface area contributed by atoms with E-state index in [1.54, 1.807) is 45.6 Å². The van der Waals surface area contributed by atoms with Gasteiger partial charge in [-0.3, -0.25) is 29.4 Å². The summed E-state index contributed by atoms with van der Waals surface area (Å²) in [5.41, 5.74) is 22.3. The minimum atomic E-state index is -0.463. The maximum Gasteiger partial charge on any atom is 1.00 e. The third kappa shape index (κ3) is 39.2. The summed E-state index contributed by atoms with van der Waals surface area (Å²) in [6.07, 6.45) is 3.12. The number of hydrogen-bond acceptors (Lipinski definition) is 19. The molecule has 1 heterocycles. The van der Waals surface area contributed by atoms with Crippen LogP contribution in [0, 0.1) is 0 Å². The zero-order chi connectivity index (χ0) is 84.9. The molecule has 0 aliphatic carbocycles. The number of amides is 1. The number of aliphatic hydroxyl groups excluding tert-OH is 2. The van der Waals surface area contributed by atoms with Gasteiger partial charge in [0, 0.05) is 26.0 Å². The van der Waals surface area contributed by atoms with Crippen molar-refractivity contribution in [2.24, 2.45) is 16.6 Å². The van der Waals surface area contributed by atoms with Crippen LogP contribution >= 0.6 is 35.1 Å². The molecule has 2 unspecified atom stereocenters. The second-order valence-corrected chi connectivity index (χ2v) is 24.7. The zero-order valence-corrected chi connectivity index (χ0v) is 73.5. The number of carbonyl (C=O) groups excluding carboxylic acids is 3. The molecule has 0 aromatic heterocycles. The molecule has 1 saturated heterocycles. The molecule has 20 nitrogen and oxygen atoms in total. The van der Waals surface area contributed by atoms with Crippen molar-refractivity contribution in [2.75, 3.05) is 40.9 Å². The number of nitrogens with two attached hydrogens (primary N) is 2. The van der Waals surface area contributed by atoms with Crippen molar-refractivity contribution >= 4 is 60.5 Å². The van der Waals surface area contributed by atoms with E-state index in [1.807, 2.05) is 254 Å². The van der Waals surface area contributed by atoms with Crippen molar-refractivity contribution in [2.45, 2.75) is 36.4 Å². The van der Waals surface area contributed by atoms with Crippen LogP contribution in [0.1, 0.15) is 115 Å². The third-order valence-corrected chi connectivity index (χ3v) is 16.6. The molecule has 1 aliphatic rings. The molecule has 0 spiro atoms. The first-order valence-electron chi connectivity index (χ1n) is 36.1. The molecule has 612 valence electrons. The monoisotopic (exact) mass is 1690 g/mol. The molecular formula is C94H99Cl3N6Na2O14. The first-order valence-corrected chi connectivity index (χ1v) is 37.5. The van der Waals surface area contributed by atoms with Crippen molar-refractivity contribution < 1.29 is 129 Å². The Bertz CT molecular complexity index is 4450. The molecule has 9 N–H and O–H groups in total. The summed E-state index contributed by atoms with van der Waals surface area (Å²) >= 11 is 13.8. The van der Waals surface area contributed by atoms with Gasteiger partial charge in [-0.05, 0) is 127 Å². The van der Waals surface area contributed by atoms with Crippen LogP contribution in [0.5, 0.6) is 17.2 Å². The molecule has 1 fully saturated rings. The summed E-state index contributed by atoms with van der Waals surface area (Å²) in [6, 6.07) is 123. The molecule has 0 radical (unpaired) electrons. The second-order valence-electron chi connectivity index (χ2n) is 23.8. The maximum atomic E-state index is 10.8. The molecule has 25 heteroatoms. The van der Waals surface area contributed by atoms with E-state index in [0.29, 0.717) is 17.0 Å². The number of hydrogen-bond donors (Lipinski definition) is 7. The SMILES string of the molecule is CO.CO.COc1ccc(C2ON2C(c2ccccc2)c2ccccc2)cc1.COc1ccc(C=NC(c2ccccc2)c2ccccc2)cc1.COc1ccc(C=O)cc1.ClCCl.NC(c1ccccc1)c1ccccc1.NOCl.O=CN(O)C(c1ccccc1)c1ccccc1.O=CO[O-].ONC(c1ccccc1)c1ccccc1.[H-].[Na+].[Na+]. The topological polar surface area (TPSA) is 297 Å². The minimum absolute atomic E-state index is 0. The molecule has 13 aromatic rings. The van der Waals surface area contributed by atoms with E-state index in [1.165, 1.54) is 22.3 Å². The average Bonchev–Trinajstić information content (AvgIpc) is 1.61. The van der Waals surface area contributed by atoms with Gasteiger partial charge in [-0.15, -0.1) is 28.3 Å². The quantitative estimate of drug-likeness (QED) is 0.00485. The molecule has 2 atom stereocenters. The fourth-order valence-corrected chi connectivity index (χ4v) is 11.2. The van der Waals surface area contributed by atoms with Crippen molar-refractivity contribution in [3.8, 4) is 17.2 Å². The van der Waals surface area contributed by atoms with Gasteiger partial charge >= 0.3 is 59.1 Å². The maximum absolute atomic E-state index is 10.8. The number of alkyl halides is 2. The number of aliphatic hydroxyl groups is 2. The van der Waals surface area contributed by atoms with Crippen LogP contribution in [0.25, 0.3) is 0 Å². The number of carbonyl (C=O) groups is 3. The second kappa shape index (κ2) is 65.9. The summed E-state index contributed by atoms with van der Waals surface area (Å²) in [5.74, 6) is 6.59.